The maximum absolute atomic E-state index is 12.3. The molecule has 0 bridgehead atoms. The van der Waals surface area contributed by atoms with Crippen LogP contribution < -0.4 is 14.3 Å². The van der Waals surface area contributed by atoms with Crippen molar-refractivity contribution in [1.82, 2.24) is 14.3 Å². The smallest absolute Gasteiger partial charge is 0.297 e. The third kappa shape index (κ3) is 2.50. The number of carbonyl (C=O) groups excluding carboxylic acids is 1. The first-order valence-electron chi connectivity index (χ1n) is 6.84. The summed E-state index contributed by atoms with van der Waals surface area (Å²) in [5.74, 6) is 1.08. The molecule has 3 rings (SSSR count). The second-order valence-corrected chi connectivity index (χ2v) is 5.83. The fourth-order valence-corrected chi connectivity index (χ4v) is 3.48. The highest BCUT2D eigenvalue weighted by Crippen LogP contribution is 2.34. The third-order valence-electron chi connectivity index (χ3n) is 3.55. The fraction of sp³-hybridized carbons (Fsp3) is 0.267. The molecule has 0 aliphatic carbocycles. The van der Waals surface area contributed by atoms with Gasteiger partial charge in [-0.05, 0) is 18.2 Å². The van der Waals surface area contributed by atoms with Gasteiger partial charge in [0, 0.05) is 20.3 Å². The van der Waals surface area contributed by atoms with Crippen molar-refractivity contribution in [1.29, 1.82) is 0 Å². The van der Waals surface area contributed by atoms with Gasteiger partial charge < -0.3 is 14.0 Å². The first-order valence-corrected chi connectivity index (χ1v) is 7.66. The fourth-order valence-electron chi connectivity index (χ4n) is 2.36. The molecule has 2 heterocycles. The second kappa shape index (κ2) is 5.88. The van der Waals surface area contributed by atoms with Gasteiger partial charge in [-0.25, -0.2) is 0 Å². The maximum atomic E-state index is 12.3. The topological polar surface area (TPSA) is 70.6 Å². The molecule has 0 saturated heterocycles. The summed E-state index contributed by atoms with van der Waals surface area (Å²) < 4.78 is 15.0. The molecule has 0 fully saturated rings. The van der Waals surface area contributed by atoms with Gasteiger partial charge in [0.15, 0.2) is 4.80 Å². The highest BCUT2D eigenvalue weighted by Gasteiger charge is 2.15. The second-order valence-electron chi connectivity index (χ2n) is 4.85. The molecule has 0 spiro atoms. The van der Waals surface area contributed by atoms with E-state index in [0.29, 0.717) is 16.2 Å². The molecule has 0 aliphatic rings. The number of nitrogens with zero attached hydrogens (tertiary/aromatic N) is 4. The number of rotatable bonds is 3. The van der Waals surface area contributed by atoms with Crippen LogP contribution in [-0.2, 0) is 14.1 Å². The average Bonchev–Trinajstić information content (AvgIpc) is 3.11. The maximum Gasteiger partial charge on any atom is 0.297 e. The van der Waals surface area contributed by atoms with Crippen LogP contribution in [0.1, 0.15) is 10.5 Å². The van der Waals surface area contributed by atoms with E-state index in [9.17, 15) is 4.79 Å². The van der Waals surface area contributed by atoms with Crippen LogP contribution >= 0.6 is 11.3 Å². The van der Waals surface area contributed by atoms with E-state index >= 15 is 0 Å². The van der Waals surface area contributed by atoms with E-state index in [-0.39, 0.29) is 5.91 Å². The average molecular weight is 332 g/mol. The minimum Gasteiger partial charge on any atom is -0.495 e. The molecule has 1 aromatic carbocycles. The Morgan fingerprint density at radius 3 is 2.48 bits per heavy atom. The van der Waals surface area contributed by atoms with Crippen molar-refractivity contribution >= 4 is 27.5 Å². The van der Waals surface area contributed by atoms with Crippen molar-refractivity contribution < 1.29 is 14.3 Å². The lowest BCUT2D eigenvalue weighted by Gasteiger charge is -2.06. The molecule has 2 aromatic heterocycles. The molecule has 1 amide bonds. The molecule has 0 unspecified atom stereocenters. The monoisotopic (exact) mass is 332 g/mol. The minimum atomic E-state index is -0.343. The Morgan fingerprint density at radius 2 is 1.87 bits per heavy atom. The van der Waals surface area contributed by atoms with Gasteiger partial charge in [-0.3, -0.25) is 9.48 Å². The van der Waals surface area contributed by atoms with Gasteiger partial charge in [-0.1, -0.05) is 11.3 Å². The lowest BCUT2D eigenvalue weighted by Crippen LogP contribution is -2.15. The van der Waals surface area contributed by atoms with Crippen LogP contribution in [0, 0.1) is 0 Å². The molecule has 8 heteroatoms. The van der Waals surface area contributed by atoms with Gasteiger partial charge in [0.1, 0.15) is 27.4 Å². The Bertz CT molecular complexity index is 951. The van der Waals surface area contributed by atoms with Gasteiger partial charge in [-0.2, -0.15) is 10.1 Å². The quantitative estimate of drug-likeness (QED) is 0.732. The van der Waals surface area contributed by atoms with Crippen molar-refractivity contribution in [2.75, 3.05) is 14.2 Å². The zero-order valence-electron chi connectivity index (χ0n) is 13.2. The Labute approximate surface area is 136 Å². The number of fused-ring (bicyclic) bond motifs is 1. The number of ether oxygens (including phenoxy) is 2. The van der Waals surface area contributed by atoms with Gasteiger partial charge >= 0.3 is 0 Å². The van der Waals surface area contributed by atoms with Crippen LogP contribution in [0.3, 0.4) is 0 Å². The van der Waals surface area contributed by atoms with E-state index in [0.717, 1.165) is 16.0 Å². The van der Waals surface area contributed by atoms with E-state index in [1.807, 2.05) is 23.7 Å². The third-order valence-corrected chi connectivity index (χ3v) is 4.70. The van der Waals surface area contributed by atoms with Gasteiger partial charge in [0.05, 0.1) is 14.2 Å². The number of aromatic nitrogens is 3. The predicted octanol–water partition coefficient (Wildman–Crippen LogP) is 1.73. The molecule has 0 N–H and O–H groups in total. The van der Waals surface area contributed by atoms with Gasteiger partial charge in [-0.15, -0.1) is 0 Å². The number of methoxy groups -OCH3 is 2. The van der Waals surface area contributed by atoms with E-state index < -0.39 is 0 Å². The van der Waals surface area contributed by atoms with Gasteiger partial charge in [0.25, 0.3) is 5.91 Å². The molecule has 23 heavy (non-hydrogen) atoms. The number of hydrogen-bond acceptors (Lipinski definition) is 5. The SMILES string of the molecule is COc1ccc(OC)c2c1sc(=NC(=O)c1ccnn1C)n2C. The molecule has 0 saturated carbocycles. The zero-order valence-corrected chi connectivity index (χ0v) is 14.0. The van der Waals surface area contributed by atoms with Crippen LogP contribution in [0.4, 0.5) is 0 Å². The summed E-state index contributed by atoms with van der Waals surface area (Å²) in [5.41, 5.74) is 1.27. The highest BCUT2D eigenvalue weighted by molar-refractivity contribution is 7.16. The number of thiazole rings is 1. The van der Waals surface area contributed by atoms with Crippen molar-refractivity contribution in [2.24, 2.45) is 19.1 Å². The first-order chi connectivity index (χ1) is 11.1. The van der Waals surface area contributed by atoms with E-state index in [1.165, 1.54) is 16.0 Å². The Balaban J connectivity index is 2.23. The molecule has 120 valence electrons. The number of aryl methyl sites for hydroxylation is 2. The number of benzene rings is 1. The predicted molar refractivity (Wildman–Crippen MR) is 87.0 cm³/mol. The Morgan fingerprint density at radius 1 is 1.17 bits per heavy atom. The molecule has 0 atom stereocenters. The van der Waals surface area contributed by atoms with Crippen molar-refractivity contribution in [3.05, 3.63) is 34.9 Å². The van der Waals surface area contributed by atoms with E-state index in [4.69, 9.17) is 9.47 Å². The summed E-state index contributed by atoms with van der Waals surface area (Å²) in [6, 6.07) is 5.31. The van der Waals surface area contributed by atoms with Crippen LogP contribution in [0.25, 0.3) is 10.2 Å². The summed E-state index contributed by atoms with van der Waals surface area (Å²) in [5, 5.41) is 3.99. The number of amides is 1. The normalized spacial score (nSPS) is 11.9. The number of hydrogen-bond donors (Lipinski definition) is 0. The zero-order chi connectivity index (χ0) is 16.6. The van der Waals surface area contributed by atoms with Crippen LogP contribution in [0.5, 0.6) is 11.5 Å². The van der Waals surface area contributed by atoms with E-state index in [1.54, 1.807) is 33.5 Å². The summed E-state index contributed by atoms with van der Waals surface area (Å²) in [7, 11) is 6.77. The van der Waals surface area contributed by atoms with E-state index in [2.05, 4.69) is 10.1 Å². The van der Waals surface area contributed by atoms with Crippen molar-refractivity contribution in [3.8, 4) is 11.5 Å². The Hall–Kier alpha value is -2.61. The molecule has 0 aliphatic heterocycles. The molecular weight excluding hydrogens is 316 g/mol. The minimum absolute atomic E-state index is 0.343. The summed E-state index contributed by atoms with van der Waals surface area (Å²) >= 11 is 1.38. The molecular formula is C15H16N4O3S. The summed E-state index contributed by atoms with van der Waals surface area (Å²) in [6.07, 6.45) is 1.57. The Kier molecular flexibility index (Phi) is 3.91. The lowest BCUT2D eigenvalue weighted by atomic mass is 10.3. The largest absolute Gasteiger partial charge is 0.495 e. The highest BCUT2D eigenvalue weighted by atomic mass is 32.1. The number of carbonyl (C=O) groups is 1. The summed E-state index contributed by atoms with van der Waals surface area (Å²) in [6.45, 7) is 0. The first kappa shape index (κ1) is 15.3. The molecule has 7 nitrogen and oxygen atoms in total. The van der Waals surface area contributed by atoms with Crippen molar-refractivity contribution in [3.63, 3.8) is 0 Å². The molecule has 0 radical (unpaired) electrons. The lowest BCUT2D eigenvalue weighted by molar-refractivity contribution is 0.0989. The van der Waals surface area contributed by atoms with Crippen LogP contribution in [0.15, 0.2) is 29.4 Å². The molecule has 3 aromatic rings. The summed E-state index contributed by atoms with van der Waals surface area (Å²) in [4.78, 5) is 17.1. The van der Waals surface area contributed by atoms with Crippen molar-refractivity contribution in [2.45, 2.75) is 0 Å². The van der Waals surface area contributed by atoms with Crippen LogP contribution in [0.2, 0.25) is 0 Å². The van der Waals surface area contributed by atoms with Gasteiger partial charge in [0.2, 0.25) is 0 Å². The van der Waals surface area contributed by atoms with Crippen LogP contribution in [-0.4, -0.2) is 34.5 Å². The standard InChI is InChI=1S/C15H16N4O3S/c1-18-12-10(21-3)5-6-11(22-4)13(12)23-15(18)17-14(20)9-7-8-16-19(9)2/h5-8H,1-4H3.